The maximum absolute atomic E-state index is 9.80. The van der Waals surface area contributed by atoms with Crippen LogP contribution in [-0.4, -0.2) is 14.7 Å². The summed E-state index contributed by atoms with van der Waals surface area (Å²) in [7, 11) is 0. The molecule has 3 aromatic rings. The molecule has 0 spiro atoms. The van der Waals surface area contributed by atoms with Gasteiger partial charge in [-0.1, -0.05) is 36.4 Å². The molecular weight excluding hydrogens is 224 g/mol. The van der Waals surface area contributed by atoms with Crippen LogP contribution >= 0.6 is 0 Å². The highest BCUT2D eigenvalue weighted by Gasteiger charge is 2.10. The molecule has 3 heteroatoms. The van der Waals surface area contributed by atoms with Crippen LogP contribution in [-0.2, 0) is 6.54 Å². The van der Waals surface area contributed by atoms with E-state index < -0.39 is 0 Å². The van der Waals surface area contributed by atoms with Crippen molar-refractivity contribution in [1.29, 1.82) is 0 Å². The van der Waals surface area contributed by atoms with E-state index in [9.17, 15) is 5.11 Å². The monoisotopic (exact) mass is 238 g/mol. The van der Waals surface area contributed by atoms with E-state index in [-0.39, 0.29) is 5.75 Å². The van der Waals surface area contributed by atoms with Gasteiger partial charge in [-0.2, -0.15) is 0 Å². The van der Waals surface area contributed by atoms with Crippen LogP contribution in [0.2, 0.25) is 0 Å². The molecule has 0 aliphatic heterocycles. The minimum atomic E-state index is 0.238. The van der Waals surface area contributed by atoms with Crippen molar-refractivity contribution in [2.45, 2.75) is 13.5 Å². The van der Waals surface area contributed by atoms with Gasteiger partial charge in [-0.3, -0.25) is 0 Å². The average molecular weight is 238 g/mol. The molecule has 3 nitrogen and oxygen atoms in total. The number of nitrogens with zero attached hydrogens (tertiary/aromatic N) is 2. The molecule has 2 aromatic carbocycles. The van der Waals surface area contributed by atoms with Gasteiger partial charge in [0.15, 0.2) is 0 Å². The molecule has 0 amide bonds. The largest absolute Gasteiger partial charge is 0.506 e. The quantitative estimate of drug-likeness (QED) is 0.745. The van der Waals surface area contributed by atoms with Gasteiger partial charge in [0.05, 0.1) is 5.52 Å². The van der Waals surface area contributed by atoms with Crippen LogP contribution in [0.4, 0.5) is 0 Å². The zero-order valence-corrected chi connectivity index (χ0v) is 10.2. The Morgan fingerprint density at radius 2 is 1.83 bits per heavy atom. The lowest BCUT2D eigenvalue weighted by molar-refractivity contribution is 0.480. The first kappa shape index (κ1) is 10.8. The standard InChI is InChI=1S/C15H14N2O/c1-11-16-15-13(8-5-9-14(15)18)17(11)10-12-6-3-2-4-7-12/h2-9,18H,10H2,1H3. The summed E-state index contributed by atoms with van der Waals surface area (Å²) in [5.41, 5.74) is 2.87. The number of benzene rings is 2. The van der Waals surface area contributed by atoms with Crippen molar-refractivity contribution in [3.63, 3.8) is 0 Å². The molecule has 0 aliphatic rings. The number of hydrogen-bond acceptors (Lipinski definition) is 2. The van der Waals surface area contributed by atoms with E-state index in [1.165, 1.54) is 5.56 Å². The van der Waals surface area contributed by atoms with Gasteiger partial charge in [-0.15, -0.1) is 0 Å². The van der Waals surface area contributed by atoms with Crippen LogP contribution in [0, 0.1) is 6.92 Å². The van der Waals surface area contributed by atoms with Crippen LogP contribution in [0.3, 0.4) is 0 Å². The second-order valence-electron chi connectivity index (χ2n) is 4.38. The molecule has 18 heavy (non-hydrogen) atoms. The topological polar surface area (TPSA) is 38.1 Å². The lowest BCUT2D eigenvalue weighted by atomic mass is 10.2. The van der Waals surface area contributed by atoms with E-state index in [0.717, 1.165) is 17.9 Å². The summed E-state index contributed by atoms with van der Waals surface area (Å²) in [4.78, 5) is 4.42. The molecule has 1 heterocycles. The van der Waals surface area contributed by atoms with Crippen LogP contribution < -0.4 is 0 Å². The smallest absolute Gasteiger partial charge is 0.143 e. The Hall–Kier alpha value is -2.29. The molecule has 0 bridgehead atoms. The Balaban J connectivity index is 2.12. The van der Waals surface area contributed by atoms with Gasteiger partial charge in [-0.05, 0) is 24.6 Å². The predicted molar refractivity (Wildman–Crippen MR) is 71.7 cm³/mol. The van der Waals surface area contributed by atoms with E-state index in [0.29, 0.717) is 5.52 Å². The van der Waals surface area contributed by atoms with Crippen LogP contribution in [0.5, 0.6) is 5.75 Å². The highest BCUT2D eigenvalue weighted by atomic mass is 16.3. The minimum Gasteiger partial charge on any atom is -0.506 e. The Morgan fingerprint density at radius 1 is 1.06 bits per heavy atom. The van der Waals surface area contributed by atoms with Crippen molar-refractivity contribution in [3.05, 3.63) is 59.9 Å². The molecule has 0 saturated carbocycles. The summed E-state index contributed by atoms with van der Waals surface area (Å²) in [5.74, 6) is 1.15. The average Bonchev–Trinajstić information content (AvgIpc) is 2.70. The predicted octanol–water partition coefficient (Wildman–Crippen LogP) is 3.10. The van der Waals surface area contributed by atoms with Crippen molar-refractivity contribution in [2.24, 2.45) is 0 Å². The van der Waals surface area contributed by atoms with Crippen molar-refractivity contribution >= 4 is 11.0 Å². The Bertz CT molecular complexity index is 686. The fourth-order valence-electron chi connectivity index (χ4n) is 2.21. The van der Waals surface area contributed by atoms with Gasteiger partial charge in [0, 0.05) is 6.54 Å². The highest BCUT2D eigenvalue weighted by molar-refractivity contribution is 5.82. The summed E-state index contributed by atoms with van der Waals surface area (Å²) in [6.45, 7) is 2.73. The third-order valence-corrected chi connectivity index (χ3v) is 3.13. The lowest BCUT2D eigenvalue weighted by Crippen LogP contribution is -2.01. The molecule has 0 unspecified atom stereocenters. The lowest BCUT2D eigenvalue weighted by Gasteiger charge is -2.06. The van der Waals surface area contributed by atoms with Gasteiger partial charge >= 0.3 is 0 Å². The maximum atomic E-state index is 9.80. The van der Waals surface area contributed by atoms with Gasteiger partial charge in [0.1, 0.15) is 17.1 Å². The van der Waals surface area contributed by atoms with Crippen molar-refractivity contribution < 1.29 is 5.11 Å². The number of aromatic hydroxyl groups is 1. The molecule has 0 aliphatic carbocycles. The fourth-order valence-corrected chi connectivity index (χ4v) is 2.21. The van der Waals surface area contributed by atoms with Crippen LogP contribution in [0.1, 0.15) is 11.4 Å². The number of fused-ring (bicyclic) bond motifs is 1. The van der Waals surface area contributed by atoms with E-state index in [1.807, 2.05) is 37.3 Å². The zero-order chi connectivity index (χ0) is 12.5. The van der Waals surface area contributed by atoms with Crippen molar-refractivity contribution in [2.75, 3.05) is 0 Å². The number of para-hydroxylation sites is 1. The molecule has 90 valence electrons. The number of aryl methyl sites for hydroxylation is 1. The molecule has 1 N–H and O–H groups in total. The Morgan fingerprint density at radius 3 is 2.61 bits per heavy atom. The van der Waals surface area contributed by atoms with E-state index in [1.54, 1.807) is 6.07 Å². The van der Waals surface area contributed by atoms with Crippen molar-refractivity contribution in [1.82, 2.24) is 9.55 Å². The number of aromatic nitrogens is 2. The summed E-state index contributed by atoms with van der Waals surface area (Å²) in [5, 5.41) is 9.80. The Labute approximate surface area is 105 Å². The number of phenols is 1. The number of phenolic OH excluding ortho intramolecular Hbond substituents is 1. The SMILES string of the molecule is Cc1nc2c(O)cccc2n1Cc1ccccc1. The van der Waals surface area contributed by atoms with Gasteiger partial charge in [0.25, 0.3) is 0 Å². The number of hydrogen-bond donors (Lipinski definition) is 1. The molecule has 0 fully saturated rings. The molecule has 0 atom stereocenters. The van der Waals surface area contributed by atoms with Gasteiger partial charge < -0.3 is 9.67 Å². The fraction of sp³-hybridized carbons (Fsp3) is 0.133. The summed E-state index contributed by atoms with van der Waals surface area (Å²) in [6, 6.07) is 15.7. The van der Waals surface area contributed by atoms with E-state index >= 15 is 0 Å². The maximum Gasteiger partial charge on any atom is 0.143 e. The molecular formula is C15H14N2O. The summed E-state index contributed by atoms with van der Waals surface area (Å²) in [6.07, 6.45) is 0. The number of rotatable bonds is 2. The van der Waals surface area contributed by atoms with Crippen LogP contribution in [0.15, 0.2) is 48.5 Å². The third kappa shape index (κ3) is 1.74. The highest BCUT2D eigenvalue weighted by Crippen LogP contribution is 2.25. The van der Waals surface area contributed by atoms with Gasteiger partial charge in [0.2, 0.25) is 0 Å². The molecule has 1 aromatic heterocycles. The van der Waals surface area contributed by atoms with E-state index in [2.05, 4.69) is 21.7 Å². The Kier molecular flexibility index (Phi) is 2.52. The number of imidazole rings is 1. The first-order valence-corrected chi connectivity index (χ1v) is 5.94. The van der Waals surface area contributed by atoms with Crippen molar-refractivity contribution in [3.8, 4) is 5.75 Å². The molecule has 3 rings (SSSR count). The van der Waals surface area contributed by atoms with Crippen LogP contribution in [0.25, 0.3) is 11.0 Å². The third-order valence-electron chi connectivity index (χ3n) is 3.13. The zero-order valence-electron chi connectivity index (χ0n) is 10.2. The van der Waals surface area contributed by atoms with Gasteiger partial charge in [-0.25, -0.2) is 4.98 Å². The summed E-state index contributed by atoms with van der Waals surface area (Å²) >= 11 is 0. The molecule has 0 radical (unpaired) electrons. The second-order valence-corrected chi connectivity index (χ2v) is 4.38. The van der Waals surface area contributed by atoms with E-state index in [4.69, 9.17) is 0 Å². The summed E-state index contributed by atoms with van der Waals surface area (Å²) < 4.78 is 2.12. The first-order valence-electron chi connectivity index (χ1n) is 5.94. The normalized spacial score (nSPS) is 10.9. The first-order chi connectivity index (χ1) is 8.75. The minimum absolute atomic E-state index is 0.238. The second kappa shape index (κ2) is 4.18. The molecule has 0 saturated heterocycles.